The van der Waals surface area contributed by atoms with Gasteiger partial charge in [-0.25, -0.2) is 0 Å². The zero-order chi connectivity index (χ0) is 16.7. The molecule has 126 valence electrons. The van der Waals surface area contributed by atoms with Crippen LogP contribution in [-0.2, 0) is 9.59 Å². The van der Waals surface area contributed by atoms with E-state index in [1.807, 2.05) is 0 Å². The number of rotatable bonds is 6. The Balaban J connectivity index is 2.08. The molecule has 0 saturated heterocycles. The first kappa shape index (κ1) is 17.3. The first-order chi connectivity index (χ1) is 11.1. The van der Waals surface area contributed by atoms with Crippen molar-refractivity contribution in [3.63, 3.8) is 0 Å². The Morgan fingerprint density at radius 3 is 2.57 bits per heavy atom. The monoisotopic (exact) mass is 319 g/mol. The molecule has 1 aromatic carbocycles. The van der Waals surface area contributed by atoms with Crippen molar-refractivity contribution in [3.8, 4) is 5.75 Å². The van der Waals surface area contributed by atoms with E-state index in [9.17, 15) is 9.59 Å². The number of benzene rings is 1. The maximum atomic E-state index is 12.4. The Kier molecular flexibility index (Phi) is 6.40. The highest BCUT2D eigenvalue weighted by atomic mass is 16.5. The van der Waals surface area contributed by atoms with Crippen molar-refractivity contribution in [1.29, 1.82) is 0 Å². The third-order valence-corrected chi connectivity index (χ3v) is 4.05. The van der Waals surface area contributed by atoms with Crippen molar-refractivity contribution in [2.45, 2.75) is 32.1 Å². The highest BCUT2D eigenvalue weighted by Crippen LogP contribution is 2.30. The highest BCUT2D eigenvalue weighted by Gasteiger charge is 2.22. The quantitative estimate of drug-likeness (QED) is 0.752. The van der Waals surface area contributed by atoms with Crippen molar-refractivity contribution in [1.82, 2.24) is 5.32 Å². The molecule has 0 aliphatic heterocycles. The summed E-state index contributed by atoms with van der Waals surface area (Å²) in [5, 5.41) is 8.52. The molecule has 0 radical (unpaired) electrons. The molecule has 2 amide bonds. The predicted molar refractivity (Wildman–Crippen MR) is 90.8 cm³/mol. The van der Waals surface area contributed by atoms with Crippen LogP contribution in [0.25, 0.3) is 0 Å². The Hall–Kier alpha value is -2.08. The third kappa shape index (κ3) is 4.96. The largest absolute Gasteiger partial charge is 0.495 e. The second-order valence-electron chi connectivity index (χ2n) is 5.82. The Morgan fingerprint density at radius 1 is 1.17 bits per heavy atom. The number of hydrogen-bond donors (Lipinski definition) is 3. The number of likely N-dealkylation sites (N-methyl/N-ethyl adjacent to an activating group) is 1. The van der Waals surface area contributed by atoms with Gasteiger partial charge in [-0.3, -0.25) is 9.59 Å². The number of carbonyl (C=O) groups excluding carboxylic acids is 2. The summed E-state index contributed by atoms with van der Waals surface area (Å²) >= 11 is 0. The molecule has 1 fully saturated rings. The number of amides is 2. The molecule has 1 aromatic rings. The Bertz CT molecular complexity index is 554. The minimum atomic E-state index is -0.137. The van der Waals surface area contributed by atoms with E-state index in [0.717, 1.165) is 25.7 Å². The highest BCUT2D eigenvalue weighted by molar-refractivity contribution is 5.96. The molecular weight excluding hydrogens is 294 g/mol. The van der Waals surface area contributed by atoms with E-state index >= 15 is 0 Å². The van der Waals surface area contributed by atoms with E-state index in [4.69, 9.17) is 4.74 Å². The zero-order valence-electron chi connectivity index (χ0n) is 13.8. The topological polar surface area (TPSA) is 79.5 Å². The van der Waals surface area contributed by atoms with Gasteiger partial charge in [0.2, 0.25) is 11.8 Å². The van der Waals surface area contributed by atoms with Crippen LogP contribution in [0.4, 0.5) is 11.4 Å². The van der Waals surface area contributed by atoms with Crippen LogP contribution in [0.5, 0.6) is 5.75 Å². The second kappa shape index (κ2) is 8.53. The van der Waals surface area contributed by atoms with E-state index in [2.05, 4.69) is 16.0 Å². The molecular formula is C17H25N3O3. The summed E-state index contributed by atoms with van der Waals surface area (Å²) in [5.41, 5.74) is 1.22. The van der Waals surface area contributed by atoms with E-state index in [1.165, 1.54) is 6.42 Å². The second-order valence-corrected chi connectivity index (χ2v) is 5.82. The van der Waals surface area contributed by atoms with E-state index in [-0.39, 0.29) is 24.3 Å². The maximum absolute atomic E-state index is 12.4. The molecule has 23 heavy (non-hydrogen) atoms. The number of nitrogens with one attached hydrogen (secondary N) is 3. The molecule has 1 saturated carbocycles. The van der Waals surface area contributed by atoms with Gasteiger partial charge in [-0.05, 0) is 38.1 Å². The molecule has 0 atom stereocenters. The van der Waals surface area contributed by atoms with Gasteiger partial charge in [0.25, 0.3) is 0 Å². The van der Waals surface area contributed by atoms with E-state index < -0.39 is 0 Å². The number of hydrogen-bond acceptors (Lipinski definition) is 4. The van der Waals surface area contributed by atoms with Gasteiger partial charge in [-0.15, -0.1) is 0 Å². The molecule has 2 rings (SSSR count). The average molecular weight is 319 g/mol. The van der Waals surface area contributed by atoms with Crippen LogP contribution in [0, 0.1) is 5.92 Å². The molecule has 1 aliphatic carbocycles. The summed E-state index contributed by atoms with van der Waals surface area (Å²) in [6.07, 6.45) is 5.30. The van der Waals surface area contributed by atoms with Gasteiger partial charge in [-0.1, -0.05) is 19.3 Å². The lowest BCUT2D eigenvalue weighted by molar-refractivity contribution is -0.120. The van der Waals surface area contributed by atoms with Crippen LogP contribution in [0.15, 0.2) is 18.2 Å². The first-order valence-corrected chi connectivity index (χ1v) is 8.07. The first-order valence-electron chi connectivity index (χ1n) is 8.07. The molecule has 6 heteroatoms. The van der Waals surface area contributed by atoms with Crippen molar-refractivity contribution in [2.24, 2.45) is 5.92 Å². The fraction of sp³-hybridized carbons (Fsp3) is 0.529. The summed E-state index contributed by atoms with van der Waals surface area (Å²) in [4.78, 5) is 24.1. The lowest BCUT2D eigenvalue weighted by Crippen LogP contribution is -2.26. The number of methoxy groups -OCH3 is 1. The molecule has 0 spiro atoms. The average Bonchev–Trinajstić information content (AvgIpc) is 2.56. The zero-order valence-corrected chi connectivity index (χ0v) is 13.8. The van der Waals surface area contributed by atoms with E-state index in [1.54, 1.807) is 32.4 Å². The summed E-state index contributed by atoms with van der Waals surface area (Å²) in [5.74, 6) is 0.542. The van der Waals surface area contributed by atoms with Crippen LogP contribution < -0.4 is 20.7 Å². The Labute approximate surface area is 137 Å². The molecule has 0 unspecified atom stereocenters. The van der Waals surface area contributed by atoms with Gasteiger partial charge in [0.15, 0.2) is 0 Å². The van der Waals surface area contributed by atoms with E-state index in [0.29, 0.717) is 17.1 Å². The van der Waals surface area contributed by atoms with Gasteiger partial charge in [-0.2, -0.15) is 0 Å². The van der Waals surface area contributed by atoms with Crippen molar-refractivity contribution in [3.05, 3.63) is 18.2 Å². The van der Waals surface area contributed by atoms with Crippen LogP contribution in [0.1, 0.15) is 32.1 Å². The molecule has 0 heterocycles. The van der Waals surface area contributed by atoms with Crippen molar-refractivity contribution in [2.75, 3.05) is 31.3 Å². The lowest BCUT2D eigenvalue weighted by Gasteiger charge is -2.21. The summed E-state index contributed by atoms with van der Waals surface area (Å²) in [6.45, 7) is 0.232. The van der Waals surface area contributed by atoms with Crippen LogP contribution >= 0.6 is 0 Å². The molecule has 1 aliphatic rings. The third-order valence-electron chi connectivity index (χ3n) is 4.05. The SMILES string of the molecule is CNCC(=O)Nc1ccc(OC)c(NC(=O)C2CCCCC2)c1. The van der Waals surface area contributed by atoms with Gasteiger partial charge in [0.05, 0.1) is 19.3 Å². The number of ether oxygens (including phenoxy) is 1. The fourth-order valence-corrected chi connectivity index (χ4v) is 2.85. The molecule has 6 nitrogen and oxygen atoms in total. The minimum absolute atomic E-state index is 0.0294. The smallest absolute Gasteiger partial charge is 0.238 e. The Morgan fingerprint density at radius 2 is 1.91 bits per heavy atom. The standard InChI is InChI=1S/C17H25N3O3/c1-18-11-16(21)19-13-8-9-15(23-2)14(10-13)20-17(22)12-6-4-3-5-7-12/h8-10,12,18H,3-7,11H2,1-2H3,(H,19,21)(H,20,22). The normalized spacial score (nSPS) is 15.0. The predicted octanol–water partition coefficient (Wildman–Crippen LogP) is 2.37. The van der Waals surface area contributed by atoms with Crippen LogP contribution in [0.2, 0.25) is 0 Å². The number of anilines is 2. The molecule has 0 bridgehead atoms. The lowest BCUT2D eigenvalue weighted by atomic mass is 9.88. The summed E-state index contributed by atoms with van der Waals surface area (Å²) in [6, 6.07) is 5.22. The van der Waals surface area contributed by atoms with Crippen LogP contribution in [0.3, 0.4) is 0 Å². The number of carbonyl (C=O) groups is 2. The summed E-state index contributed by atoms with van der Waals surface area (Å²) in [7, 11) is 3.27. The van der Waals surface area contributed by atoms with Gasteiger partial charge in [0, 0.05) is 11.6 Å². The minimum Gasteiger partial charge on any atom is -0.495 e. The summed E-state index contributed by atoms with van der Waals surface area (Å²) < 4.78 is 5.30. The van der Waals surface area contributed by atoms with Gasteiger partial charge >= 0.3 is 0 Å². The van der Waals surface area contributed by atoms with Crippen molar-refractivity contribution >= 4 is 23.2 Å². The van der Waals surface area contributed by atoms with Gasteiger partial charge in [0.1, 0.15) is 5.75 Å². The van der Waals surface area contributed by atoms with Crippen LogP contribution in [-0.4, -0.2) is 32.5 Å². The molecule has 0 aromatic heterocycles. The van der Waals surface area contributed by atoms with Crippen molar-refractivity contribution < 1.29 is 14.3 Å². The maximum Gasteiger partial charge on any atom is 0.238 e. The molecule has 3 N–H and O–H groups in total. The van der Waals surface area contributed by atoms with Gasteiger partial charge < -0.3 is 20.7 Å². The fourth-order valence-electron chi connectivity index (χ4n) is 2.85.